The lowest BCUT2D eigenvalue weighted by molar-refractivity contribution is -0.123. The van der Waals surface area contributed by atoms with Gasteiger partial charge in [0.25, 0.3) is 21.8 Å². The summed E-state index contributed by atoms with van der Waals surface area (Å²) in [6.45, 7) is 3.06. The predicted octanol–water partition coefficient (Wildman–Crippen LogP) is 5.25. The molecule has 2 amide bonds. The zero-order chi connectivity index (χ0) is 30.8. The lowest BCUT2D eigenvalue weighted by atomic mass is 10.1. The van der Waals surface area contributed by atoms with Gasteiger partial charge in [0, 0.05) is 0 Å². The maximum absolute atomic E-state index is 13.5. The second-order valence-electron chi connectivity index (χ2n) is 9.63. The van der Waals surface area contributed by atoms with Gasteiger partial charge in [0.1, 0.15) is 12.3 Å². The minimum Gasteiger partial charge on any atom is -0.484 e. The van der Waals surface area contributed by atoms with Gasteiger partial charge >= 0.3 is 0 Å². The van der Waals surface area contributed by atoms with Crippen LogP contribution in [0.15, 0.2) is 113 Å². The summed E-state index contributed by atoms with van der Waals surface area (Å²) in [4.78, 5) is 25.1. The van der Waals surface area contributed by atoms with Crippen molar-refractivity contribution >= 4 is 45.3 Å². The molecule has 2 N–H and O–H groups in total. The number of carbonyl (C=O) groups is 2. The van der Waals surface area contributed by atoms with Crippen LogP contribution in [0.25, 0.3) is 0 Å². The van der Waals surface area contributed by atoms with Crippen molar-refractivity contribution in [3.63, 3.8) is 0 Å². The third-order valence-electron chi connectivity index (χ3n) is 6.35. The van der Waals surface area contributed by atoms with Gasteiger partial charge in [-0.3, -0.25) is 13.9 Å². The van der Waals surface area contributed by atoms with Gasteiger partial charge < -0.3 is 10.1 Å². The number of sulfonamides is 1. The summed E-state index contributed by atoms with van der Waals surface area (Å²) in [6, 6.07) is 28.9. The van der Waals surface area contributed by atoms with Crippen LogP contribution in [-0.4, -0.2) is 39.6 Å². The van der Waals surface area contributed by atoms with Crippen molar-refractivity contribution in [2.24, 2.45) is 5.10 Å². The number of para-hydroxylation sites is 1. The van der Waals surface area contributed by atoms with Crippen molar-refractivity contribution in [3.8, 4) is 5.75 Å². The van der Waals surface area contributed by atoms with E-state index >= 15 is 0 Å². The first-order valence-electron chi connectivity index (χ1n) is 13.4. The standard InChI is InChI=1S/C32H31ClN4O5S/c1-23-12-18-28(19-13-23)43(40,41)37(30-11-7-6-10-29(30)33)21-31(38)36-34-20-25-14-16-27(17-15-25)42-22-32(39)35-24(2)26-8-4-3-5-9-26/h3-20,24H,21-22H2,1-2H3,(H,35,39)(H,36,38)/b34-20-/t24-/m1/s1. The van der Waals surface area contributed by atoms with Crippen molar-refractivity contribution in [3.05, 3.63) is 125 Å². The van der Waals surface area contributed by atoms with Crippen LogP contribution in [0.5, 0.6) is 5.75 Å². The molecular weight excluding hydrogens is 588 g/mol. The van der Waals surface area contributed by atoms with Crippen molar-refractivity contribution in [2.45, 2.75) is 24.8 Å². The average molecular weight is 619 g/mol. The molecular formula is C32H31ClN4O5S. The Morgan fingerprint density at radius 2 is 1.56 bits per heavy atom. The maximum Gasteiger partial charge on any atom is 0.264 e. The maximum atomic E-state index is 13.5. The Bertz CT molecular complexity index is 1680. The molecule has 0 saturated heterocycles. The fourth-order valence-electron chi connectivity index (χ4n) is 4.04. The lowest BCUT2D eigenvalue weighted by Gasteiger charge is -2.24. The molecule has 0 aliphatic rings. The van der Waals surface area contributed by atoms with E-state index in [1.165, 1.54) is 24.4 Å². The molecule has 0 bridgehead atoms. The summed E-state index contributed by atoms with van der Waals surface area (Å²) in [7, 11) is -4.11. The number of carbonyl (C=O) groups excluding carboxylic acids is 2. The van der Waals surface area contributed by atoms with E-state index in [0.717, 1.165) is 15.4 Å². The Balaban J connectivity index is 1.34. The summed E-state index contributed by atoms with van der Waals surface area (Å²) < 4.78 is 33.5. The van der Waals surface area contributed by atoms with Crippen molar-refractivity contribution < 1.29 is 22.7 Å². The van der Waals surface area contributed by atoms with E-state index in [9.17, 15) is 18.0 Å². The molecule has 4 rings (SSSR count). The quantitative estimate of drug-likeness (QED) is 0.166. The molecule has 0 radical (unpaired) electrons. The molecule has 0 heterocycles. The molecule has 0 unspecified atom stereocenters. The van der Waals surface area contributed by atoms with Crippen molar-refractivity contribution in [2.75, 3.05) is 17.5 Å². The van der Waals surface area contributed by atoms with Gasteiger partial charge in [-0.15, -0.1) is 0 Å². The average Bonchev–Trinajstić information content (AvgIpc) is 3.00. The third kappa shape index (κ3) is 8.67. The first-order chi connectivity index (χ1) is 20.6. The lowest BCUT2D eigenvalue weighted by Crippen LogP contribution is -2.39. The molecule has 4 aromatic carbocycles. The number of ether oxygens (including phenoxy) is 1. The van der Waals surface area contributed by atoms with E-state index in [-0.39, 0.29) is 34.2 Å². The molecule has 4 aromatic rings. The van der Waals surface area contributed by atoms with Gasteiger partial charge in [0.05, 0.1) is 27.9 Å². The molecule has 43 heavy (non-hydrogen) atoms. The third-order valence-corrected chi connectivity index (χ3v) is 8.44. The van der Waals surface area contributed by atoms with Gasteiger partial charge in [-0.05, 0) is 73.5 Å². The zero-order valence-electron chi connectivity index (χ0n) is 23.6. The number of hydrogen-bond acceptors (Lipinski definition) is 6. The minimum absolute atomic E-state index is 0.0276. The fraction of sp³-hybridized carbons (Fsp3) is 0.156. The number of halogens is 1. The van der Waals surface area contributed by atoms with E-state index in [2.05, 4.69) is 15.8 Å². The molecule has 1 atom stereocenters. The largest absolute Gasteiger partial charge is 0.484 e. The van der Waals surface area contributed by atoms with Gasteiger partial charge in [-0.25, -0.2) is 13.8 Å². The summed E-state index contributed by atoms with van der Waals surface area (Å²) in [5.41, 5.74) is 5.07. The highest BCUT2D eigenvalue weighted by Crippen LogP contribution is 2.30. The van der Waals surface area contributed by atoms with Crippen LogP contribution in [0.4, 0.5) is 5.69 Å². The molecule has 0 aromatic heterocycles. The molecule has 0 spiro atoms. The Morgan fingerprint density at radius 3 is 2.23 bits per heavy atom. The summed E-state index contributed by atoms with van der Waals surface area (Å²) in [6.07, 6.45) is 1.41. The van der Waals surface area contributed by atoms with E-state index < -0.39 is 22.5 Å². The molecule has 0 aliphatic heterocycles. The SMILES string of the molecule is Cc1ccc(S(=O)(=O)N(CC(=O)N/N=C\c2ccc(OCC(=O)N[C@H](C)c3ccccc3)cc2)c2ccccc2Cl)cc1. The van der Waals surface area contributed by atoms with Crippen LogP contribution >= 0.6 is 11.6 Å². The van der Waals surface area contributed by atoms with E-state index in [1.54, 1.807) is 54.6 Å². The first kappa shape index (κ1) is 31.3. The molecule has 9 nitrogen and oxygen atoms in total. The Morgan fingerprint density at radius 1 is 0.907 bits per heavy atom. The highest BCUT2D eigenvalue weighted by molar-refractivity contribution is 7.92. The van der Waals surface area contributed by atoms with Crippen molar-refractivity contribution in [1.29, 1.82) is 0 Å². The topological polar surface area (TPSA) is 117 Å². The molecule has 0 fully saturated rings. The van der Waals surface area contributed by atoms with Crippen LogP contribution < -0.4 is 19.8 Å². The van der Waals surface area contributed by atoms with Crippen LogP contribution in [0.3, 0.4) is 0 Å². The highest BCUT2D eigenvalue weighted by atomic mass is 35.5. The monoisotopic (exact) mass is 618 g/mol. The molecule has 222 valence electrons. The summed E-state index contributed by atoms with van der Waals surface area (Å²) in [5, 5.41) is 7.03. The van der Waals surface area contributed by atoms with Gasteiger partial charge in [-0.1, -0.05) is 71.8 Å². The van der Waals surface area contributed by atoms with Crippen LogP contribution in [0.2, 0.25) is 5.02 Å². The number of benzene rings is 4. The number of hydrazone groups is 1. The van der Waals surface area contributed by atoms with E-state index in [4.69, 9.17) is 16.3 Å². The fourth-order valence-corrected chi connectivity index (χ4v) is 5.77. The molecule has 0 saturated carbocycles. The van der Waals surface area contributed by atoms with Gasteiger partial charge in [0.15, 0.2) is 6.61 Å². The van der Waals surface area contributed by atoms with E-state index in [1.807, 2.05) is 44.2 Å². The normalized spacial score (nSPS) is 12.0. The van der Waals surface area contributed by atoms with Crippen LogP contribution in [-0.2, 0) is 19.6 Å². The number of nitrogens with zero attached hydrogens (tertiary/aromatic N) is 2. The zero-order valence-corrected chi connectivity index (χ0v) is 25.2. The number of rotatable bonds is 12. The Kier molecular flexibility index (Phi) is 10.5. The second kappa shape index (κ2) is 14.5. The number of hydrogen-bond donors (Lipinski definition) is 2. The van der Waals surface area contributed by atoms with Crippen LogP contribution in [0, 0.1) is 6.92 Å². The Hall–Kier alpha value is -4.67. The number of aryl methyl sites for hydroxylation is 1. The summed E-state index contributed by atoms with van der Waals surface area (Å²) >= 11 is 6.31. The molecule has 0 aliphatic carbocycles. The first-order valence-corrected chi connectivity index (χ1v) is 15.2. The number of nitrogens with one attached hydrogen (secondary N) is 2. The second-order valence-corrected chi connectivity index (χ2v) is 11.9. The predicted molar refractivity (Wildman–Crippen MR) is 168 cm³/mol. The Labute approximate surface area is 256 Å². The van der Waals surface area contributed by atoms with Crippen molar-refractivity contribution in [1.82, 2.24) is 10.7 Å². The van der Waals surface area contributed by atoms with Crippen LogP contribution in [0.1, 0.15) is 29.7 Å². The van der Waals surface area contributed by atoms with E-state index in [0.29, 0.717) is 11.3 Å². The smallest absolute Gasteiger partial charge is 0.264 e. The summed E-state index contributed by atoms with van der Waals surface area (Å²) in [5.74, 6) is -0.428. The number of anilines is 1. The molecule has 11 heteroatoms. The van der Waals surface area contributed by atoms with Gasteiger partial charge in [0.2, 0.25) is 0 Å². The highest BCUT2D eigenvalue weighted by Gasteiger charge is 2.28. The number of amides is 2. The van der Waals surface area contributed by atoms with Gasteiger partial charge in [-0.2, -0.15) is 5.10 Å². The minimum atomic E-state index is -4.11.